The first-order valence-corrected chi connectivity index (χ1v) is 6.40. The fourth-order valence-corrected chi connectivity index (χ4v) is 3.79. The van der Waals surface area contributed by atoms with Gasteiger partial charge in [0.2, 0.25) is 0 Å². The quantitative estimate of drug-likeness (QED) is 0.832. The third-order valence-corrected chi connectivity index (χ3v) is 4.95. The maximum atomic E-state index is 11.6. The fourth-order valence-electron chi connectivity index (χ4n) is 1.00. The SMILES string of the molecule is CC(C)(N)CS(=O)(=O)c1cccs1. The van der Waals surface area contributed by atoms with E-state index >= 15 is 0 Å². The zero-order valence-electron chi connectivity index (χ0n) is 7.65. The lowest BCUT2D eigenvalue weighted by Gasteiger charge is -2.17. The summed E-state index contributed by atoms with van der Waals surface area (Å²) >= 11 is 1.23. The zero-order chi connectivity index (χ0) is 10.1. The highest BCUT2D eigenvalue weighted by Crippen LogP contribution is 2.19. The van der Waals surface area contributed by atoms with E-state index in [1.807, 2.05) is 0 Å². The van der Waals surface area contributed by atoms with Gasteiger partial charge >= 0.3 is 0 Å². The highest BCUT2D eigenvalue weighted by Gasteiger charge is 2.24. The van der Waals surface area contributed by atoms with Gasteiger partial charge in [0, 0.05) is 5.54 Å². The van der Waals surface area contributed by atoms with Gasteiger partial charge in [-0.3, -0.25) is 0 Å². The second-order valence-corrected chi connectivity index (χ2v) is 6.84. The van der Waals surface area contributed by atoms with Gasteiger partial charge in [-0.2, -0.15) is 0 Å². The molecule has 0 unspecified atom stereocenters. The summed E-state index contributed by atoms with van der Waals surface area (Å²) in [5, 5.41) is 1.75. The topological polar surface area (TPSA) is 60.2 Å². The molecule has 0 aliphatic heterocycles. The van der Waals surface area contributed by atoms with E-state index in [4.69, 9.17) is 5.73 Å². The normalized spacial score (nSPS) is 13.2. The summed E-state index contributed by atoms with van der Waals surface area (Å²) in [4.78, 5) is 0. The van der Waals surface area contributed by atoms with Crippen molar-refractivity contribution in [1.82, 2.24) is 0 Å². The molecule has 0 saturated carbocycles. The molecule has 0 aliphatic rings. The van der Waals surface area contributed by atoms with Crippen LogP contribution in [0.2, 0.25) is 0 Å². The van der Waals surface area contributed by atoms with Crippen molar-refractivity contribution in [3.8, 4) is 0 Å². The molecule has 0 saturated heterocycles. The van der Waals surface area contributed by atoms with E-state index in [9.17, 15) is 8.42 Å². The van der Waals surface area contributed by atoms with Gasteiger partial charge in [-0.1, -0.05) is 6.07 Å². The van der Waals surface area contributed by atoms with E-state index in [2.05, 4.69) is 0 Å². The lowest BCUT2D eigenvalue weighted by atomic mass is 10.1. The van der Waals surface area contributed by atoms with Crippen LogP contribution < -0.4 is 5.73 Å². The van der Waals surface area contributed by atoms with E-state index in [0.29, 0.717) is 4.21 Å². The van der Waals surface area contributed by atoms with Crippen molar-refractivity contribution < 1.29 is 8.42 Å². The Labute approximate surface area is 82.5 Å². The van der Waals surface area contributed by atoms with Crippen LogP contribution in [0.25, 0.3) is 0 Å². The number of hydrogen-bond acceptors (Lipinski definition) is 4. The second kappa shape index (κ2) is 3.40. The largest absolute Gasteiger partial charge is 0.325 e. The number of rotatable bonds is 3. The van der Waals surface area contributed by atoms with E-state index < -0.39 is 15.4 Å². The Hall–Kier alpha value is -0.390. The molecular formula is C8H13NO2S2. The Morgan fingerprint density at radius 1 is 1.54 bits per heavy atom. The van der Waals surface area contributed by atoms with Crippen molar-refractivity contribution in [1.29, 1.82) is 0 Å². The molecule has 0 aliphatic carbocycles. The predicted molar refractivity (Wildman–Crippen MR) is 54.6 cm³/mol. The summed E-state index contributed by atoms with van der Waals surface area (Å²) in [6.07, 6.45) is 0. The molecule has 0 atom stereocenters. The summed E-state index contributed by atoms with van der Waals surface area (Å²) in [5.41, 5.74) is 4.98. The van der Waals surface area contributed by atoms with Gasteiger partial charge in [0.15, 0.2) is 9.84 Å². The van der Waals surface area contributed by atoms with E-state index in [1.165, 1.54) is 11.3 Å². The van der Waals surface area contributed by atoms with Crippen LogP contribution in [0.3, 0.4) is 0 Å². The number of nitrogens with two attached hydrogens (primary N) is 1. The van der Waals surface area contributed by atoms with Gasteiger partial charge in [0.1, 0.15) is 4.21 Å². The third-order valence-electron chi connectivity index (χ3n) is 1.36. The summed E-state index contributed by atoms with van der Waals surface area (Å²) in [7, 11) is -3.18. The molecule has 0 radical (unpaired) electrons. The Bertz CT molecular complexity index is 359. The van der Waals surface area contributed by atoms with Gasteiger partial charge < -0.3 is 5.73 Å². The molecule has 0 bridgehead atoms. The van der Waals surface area contributed by atoms with Crippen molar-refractivity contribution >= 4 is 21.2 Å². The maximum absolute atomic E-state index is 11.6. The van der Waals surface area contributed by atoms with Crippen LogP contribution in [0.5, 0.6) is 0 Å². The molecule has 1 aromatic rings. The van der Waals surface area contributed by atoms with Crippen LogP contribution >= 0.6 is 11.3 Å². The van der Waals surface area contributed by atoms with Crippen LogP contribution in [0.15, 0.2) is 21.7 Å². The van der Waals surface area contributed by atoms with Crippen LogP contribution in [0, 0.1) is 0 Å². The van der Waals surface area contributed by atoms with Gasteiger partial charge in [-0.05, 0) is 25.3 Å². The molecule has 1 aromatic heterocycles. The first-order valence-electron chi connectivity index (χ1n) is 3.86. The maximum Gasteiger partial charge on any atom is 0.189 e. The molecule has 5 heteroatoms. The van der Waals surface area contributed by atoms with Crippen LogP contribution in [-0.4, -0.2) is 19.7 Å². The first kappa shape index (κ1) is 10.7. The standard InChI is InChI=1S/C8H13NO2S2/c1-8(2,9)6-13(10,11)7-4-3-5-12-7/h3-5H,6,9H2,1-2H3. The minimum absolute atomic E-state index is 0.0134. The predicted octanol–water partition coefficient (Wildman–Crippen LogP) is 1.26. The lowest BCUT2D eigenvalue weighted by molar-refractivity contribution is 0.545. The van der Waals surface area contributed by atoms with Gasteiger partial charge in [0.05, 0.1) is 5.75 Å². The Morgan fingerprint density at radius 2 is 2.15 bits per heavy atom. The van der Waals surface area contributed by atoms with Gasteiger partial charge in [0.25, 0.3) is 0 Å². The monoisotopic (exact) mass is 219 g/mol. The van der Waals surface area contributed by atoms with Crippen LogP contribution in [0.4, 0.5) is 0 Å². The van der Waals surface area contributed by atoms with Crippen molar-refractivity contribution in [2.75, 3.05) is 5.75 Å². The molecule has 0 fully saturated rings. The minimum atomic E-state index is -3.18. The highest BCUT2D eigenvalue weighted by atomic mass is 32.2. The van der Waals surface area contributed by atoms with Gasteiger partial charge in [-0.15, -0.1) is 11.3 Å². The fraction of sp³-hybridized carbons (Fsp3) is 0.500. The van der Waals surface area contributed by atoms with E-state index in [1.54, 1.807) is 31.4 Å². The average molecular weight is 219 g/mol. The van der Waals surface area contributed by atoms with E-state index in [0.717, 1.165) is 0 Å². The highest BCUT2D eigenvalue weighted by molar-refractivity contribution is 7.93. The van der Waals surface area contributed by atoms with Crippen molar-refractivity contribution in [2.24, 2.45) is 5.73 Å². The number of sulfone groups is 1. The third kappa shape index (κ3) is 3.10. The molecule has 0 aromatic carbocycles. The summed E-state index contributed by atoms with van der Waals surface area (Å²) < 4.78 is 23.7. The second-order valence-electron chi connectivity index (χ2n) is 3.68. The Balaban J connectivity index is 2.93. The summed E-state index contributed by atoms with van der Waals surface area (Å²) in [6, 6.07) is 3.33. The van der Waals surface area contributed by atoms with Crippen LogP contribution in [-0.2, 0) is 9.84 Å². The molecule has 0 amide bonds. The molecule has 1 rings (SSSR count). The van der Waals surface area contributed by atoms with Crippen molar-refractivity contribution in [2.45, 2.75) is 23.6 Å². The zero-order valence-corrected chi connectivity index (χ0v) is 9.28. The molecule has 1 heterocycles. The minimum Gasteiger partial charge on any atom is -0.325 e. The first-order chi connectivity index (χ1) is 5.81. The molecule has 0 spiro atoms. The Kier molecular flexibility index (Phi) is 2.79. The molecule has 13 heavy (non-hydrogen) atoms. The molecule has 2 N–H and O–H groups in total. The molecule has 74 valence electrons. The molecule has 3 nitrogen and oxygen atoms in total. The summed E-state index contributed by atoms with van der Waals surface area (Å²) in [6.45, 7) is 3.41. The van der Waals surface area contributed by atoms with E-state index in [-0.39, 0.29) is 5.75 Å². The van der Waals surface area contributed by atoms with Crippen molar-refractivity contribution in [3.63, 3.8) is 0 Å². The average Bonchev–Trinajstić information content (AvgIpc) is 2.29. The van der Waals surface area contributed by atoms with Crippen LogP contribution in [0.1, 0.15) is 13.8 Å². The number of hydrogen-bond donors (Lipinski definition) is 1. The van der Waals surface area contributed by atoms with Crippen molar-refractivity contribution in [3.05, 3.63) is 17.5 Å². The smallest absolute Gasteiger partial charge is 0.189 e. The lowest BCUT2D eigenvalue weighted by Crippen LogP contribution is -2.39. The van der Waals surface area contributed by atoms with Gasteiger partial charge in [-0.25, -0.2) is 8.42 Å². The molecular weight excluding hydrogens is 206 g/mol. The number of thiophene rings is 1. The summed E-state index contributed by atoms with van der Waals surface area (Å²) in [5.74, 6) is -0.0134. The Morgan fingerprint density at radius 3 is 2.54 bits per heavy atom.